The number of hydrogen-bond donors (Lipinski definition) is 1. The number of carbonyl (C=O) groups excluding carboxylic acids is 3. The molecular formula is C16H18N4O3. The average Bonchev–Trinajstić information content (AvgIpc) is 2.59. The SMILES string of the molecule is O=C(CCN1CCCCC1)NC1=CC(=O)c2nccnc2C1=O. The Balaban J connectivity index is 1.60. The normalized spacial score (nSPS) is 18.3. The number of rotatable bonds is 4. The standard InChI is InChI=1S/C16H18N4O3/c21-12-10-11(16(23)15-14(12)17-5-6-18-15)19-13(22)4-9-20-7-2-1-3-8-20/h5-6,10H,1-4,7-9H2,(H,19,22). The fourth-order valence-corrected chi connectivity index (χ4v) is 2.83. The summed E-state index contributed by atoms with van der Waals surface area (Å²) in [6.07, 6.45) is 7.70. The molecule has 0 aromatic carbocycles. The maximum Gasteiger partial charge on any atom is 0.230 e. The van der Waals surface area contributed by atoms with Gasteiger partial charge >= 0.3 is 0 Å². The molecule has 1 fully saturated rings. The van der Waals surface area contributed by atoms with Crippen LogP contribution in [0, 0.1) is 0 Å². The van der Waals surface area contributed by atoms with Gasteiger partial charge in [-0.25, -0.2) is 9.97 Å². The van der Waals surface area contributed by atoms with E-state index in [9.17, 15) is 14.4 Å². The minimum absolute atomic E-state index is 0.00803. The zero-order valence-electron chi connectivity index (χ0n) is 12.7. The van der Waals surface area contributed by atoms with Crippen LogP contribution in [0.4, 0.5) is 0 Å². The van der Waals surface area contributed by atoms with Gasteiger partial charge in [-0.1, -0.05) is 6.42 Å². The van der Waals surface area contributed by atoms with E-state index in [0.29, 0.717) is 13.0 Å². The molecule has 1 amide bonds. The third-order valence-corrected chi connectivity index (χ3v) is 4.04. The highest BCUT2D eigenvalue weighted by Crippen LogP contribution is 2.16. The van der Waals surface area contributed by atoms with Crippen molar-refractivity contribution < 1.29 is 14.4 Å². The Hall–Kier alpha value is -2.41. The molecule has 7 heteroatoms. The molecule has 0 unspecified atom stereocenters. The summed E-state index contributed by atoms with van der Waals surface area (Å²) in [7, 11) is 0. The number of piperidine rings is 1. The van der Waals surface area contributed by atoms with Gasteiger partial charge in [0.1, 0.15) is 11.4 Å². The lowest BCUT2D eigenvalue weighted by Crippen LogP contribution is -2.36. The van der Waals surface area contributed by atoms with Crippen LogP contribution in [0.2, 0.25) is 0 Å². The number of carbonyl (C=O) groups is 3. The Morgan fingerprint density at radius 3 is 2.52 bits per heavy atom. The summed E-state index contributed by atoms with van der Waals surface area (Å²) in [6, 6.07) is 0. The van der Waals surface area contributed by atoms with E-state index in [0.717, 1.165) is 32.0 Å². The van der Waals surface area contributed by atoms with Crippen molar-refractivity contribution in [1.29, 1.82) is 0 Å². The van der Waals surface area contributed by atoms with Crippen LogP contribution in [0.1, 0.15) is 46.7 Å². The van der Waals surface area contributed by atoms with Gasteiger partial charge in [-0.2, -0.15) is 0 Å². The molecule has 23 heavy (non-hydrogen) atoms. The second-order valence-electron chi connectivity index (χ2n) is 5.71. The van der Waals surface area contributed by atoms with E-state index in [1.807, 2.05) is 0 Å². The molecule has 0 bridgehead atoms. The molecule has 1 aromatic rings. The lowest BCUT2D eigenvalue weighted by Gasteiger charge is -2.26. The Kier molecular flexibility index (Phi) is 4.57. The molecule has 1 N–H and O–H groups in total. The third-order valence-electron chi connectivity index (χ3n) is 4.04. The van der Waals surface area contributed by atoms with Crippen LogP contribution in [-0.4, -0.2) is 52.0 Å². The van der Waals surface area contributed by atoms with Crippen molar-refractivity contribution in [2.24, 2.45) is 0 Å². The number of allylic oxidation sites excluding steroid dienone is 2. The van der Waals surface area contributed by atoms with E-state index in [4.69, 9.17) is 0 Å². The number of amides is 1. The van der Waals surface area contributed by atoms with Crippen LogP contribution in [0.5, 0.6) is 0 Å². The molecule has 2 heterocycles. The van der Waals surface area contributed by atoms with Crippen molar-refractivity contribution in [2.45, 2.75) is 25.7 Å². The lowest BCUT2D eigenvalue weighted by atomic mass is 10.0. The predicted octanol–water partition coefficient (Wildman–Crippen LogP) is 0.732. The Morgan fingerprint density at radius 2 is 1.78 bits per heavy atom. The Labute approximate surface area is 133 Å². The molecular weight excluding hydrogens is 296 g/mol. The van der Waals surface area contributed by atoms with Crippen LogP contribution in [0.25, 0.3) is 0 Å². The van der Waals surface area contributed by atoms with Crippen LogP contribution in [0.3, 0.4) is 0 Å². The fourth-order valence-electron chi connectivity index (χ4n) is 2.83. The third kappa shape index (κ3) is 3.50. The van der Waals surface area contributed by atoms with Crippen molar-refractivity contribution in [3.63, 3.8) is 0 Å². The second kappa shape index (κ2) is 6.78. The first-order valence-electron chi connectivity index (χ1n) is 7.79. The van der Waals surface area contributed by atoms with E-state index in [-0.39, 0.29) is 23.0 Å². The lowest BCUT2D eigenvalue weighted by molar-refractivity contribution is -0.120. The number of Topliss-reactive ketones (excluding diaryl/α,β-unsaturated/α-hetero) is 1. The summed E-state index contributed by atoms with van der Waals surface area (Å²) in [5.74, 6) is -1.16. The summed E-state index contributed by atoms with van der Waals surface area (Å²) in [5, 5.41) is 2.54. The molecule has 120 valence electrons. The van der Waals surface area contributed by atoms with E-state index in [1.54, 1.807) is 0 Å². The van der Waals surface area contributed by atoms with E-state index in [1.165, 1.54) is 18.8 Å². The van der Waals surface area contributed by atoms with E-state index >= 15 is 0 Å². The highest BCUT2D eigenvalue weighted by Gasteiger charge is 2.28. The van der Waals surface area contributed by atoms with E-state index < -0.39 is 11.6 Å². The zero-order chi connectivity index (χ0) is 16.2. The van der Waals surface area contributed by atoms with Gasteiger partial charge in [-0.05, 0) is 25.9 Å². The first kappa shape index (κ1) is 15.5. The zero-order valence-corrected chi connectivity index (χ0v) is 12.7. The number of aromatic nitrogens is 2. The van der Waals surface area contributed by atoms with Gasteiger partial charge in [-0.15, -0.1) is 0 Å². The van der Waals surface area contributed by atoms with Crippen LogP contribution in [0.15, 0.2) is 24.2 Å². The topological polar surface area (TPSA) is 92.3 Å². The summed E-state index contributed by atoms with van der Waals surface area (Å²) in [4.78, 5) is 46.2. The Bertz CT molecular complexity index is 678. The first-order chi connectivity index (χ1) is 11.1. The fraction of sp³-hybridized carbons (Fsp3) is 0.438. The number of hydrogen-bond acceptors (Lipinski definition) is 6. The van der Waals surface area contributed by atoms with Crippen molar-refractivity contribution in [3.05, 3.63) is 35.6 Å². The molecule has 2 aliphatic rings. The minimum atomic E-state index is -0.473. The van der Waals surface area contributed by atoms with Crippen LogP contribution in [-0.2, 0) is 4.79 Å². The average molecular weight is 314 g/mol. The molecule has 0 saturated carbocycles. The highest BCUT2D eigenvalue weighted by molar-refractivity contribution is 6.23. The van der Waals surface area contributed by atoms with Crippen molar-refractivity contribution in [1.82, 2.24) is 20.2 Å². The molecule has 1 saturated heterocycles. The van der Waals surface area contributed by atoms with Crippen molar-refractivity contribution in [2.75, 3.05) is 19.6 Å². The molecule has 1 aliphatic heterocycles. The maximum absolute atomic E-state index is 12.3. The number of fused-ring (bicyclic) bond motifs is 1. The van der Waals surface area contributed by atoms with Crippen molar-refractivity contribution >= 4 is 17.5 Å². The van der Waals surface area contributed by atoms with Gasteiger partial charge in [-0.3, -0.25) is 14.4 Å². The molecule has 7 nitrogen and oxygen atoms in total. The first-order valence-corrected chi connectivity index (χ1v) is 7.79. The van der Waals surface area contributed by atoms with E-state index in [2.05, 4.69) is 20.2 Å². The summed E-state index contributed by atoms with van der Waals surface area (Å²) < 4.78 is 0. The summed E-state index contributed by atoms with van der Waals surface area (Å²) in [5.41, 5.74) is 0.00166. The quantitative estimate of drug-likeness (QED) is 0.881. The summed E-state index contributed by atoms with van der Waals surface area (Å²) >= 11 is 0. The molecule has 3 rings (SSSR count). The largest absolute Gasteiger partial charge is 0.323 e. The molecule has 1 aromatic heterocycles. The number of nitrogens with one attached hydrogen (secondary N) is 1. The predicted molar refractivity (Wildman–Crippen MR) is 81.8 cm³/mol. The van der Waals surface area contributed by atoms with Gasteiger partial charge < -0.3 is 10.2 Å². The highest BCUT2D eigenvalue weighted by atomic mass is 16.2. The van der Waals surface area contributed by atoms with Crippen molar-refractivity contribution in [3.8, 4) is 0 Å². The molecule has 0 radical (unpaired) electrons. The molecule has 1 aliphatic carbocycles. The van der Waals surface area contributed by atoms with Crippen LogP contribution >= 0.6 is 0 Å². The summed E-state index contributed by atoms with van der Waals surface area (Å²) in [6.45, 7) is 2.68. The van der Waals surface area contributed by atoms with Gasteiger partial charge in [0.05, 0.1) is 5.70 Å². The van der Waals surface area contributed by atoms with Gasteiger partial charge in [0.2, 0.25) is 17.5 Å². The second-order valence-corrected chi connectivity index (χ2v) is 5.71. The molecule has 0 atom stereocenters. The Morgan fingerprint density at radius 1 is 1.09 bits per heavy atom. The van der Waals surface area contributed by atoms with Gasteiger partial charge in [0, 0.05) is 31.4 Å². The number of nitrogens with zero attached hydrogens (tertiary/aromatic N) is 3. The van der Waals surface area contributed by atoms with Crippen LogP contribution < -0.4 is 5.32 Å². The smallest absolute Gasteiger partial charge is 0.230 e. The molecule has 0 spiro atoms. The van der Waals surface area contributed by atoms with Gasteiger partial charge in [0.25, 0.3) is 0 Å². The number of ketones is 2. The van der Waals surface area contributed by atoms with Gasteiger partial charge in [0.15, 0.2) is 0 Å². The maximum atomic E-state index is 12.3. The minimum Gasteiger partial charge on any atom is -0.323 e. The monoisotopic (exact) mass is 314 g/mol. The number of likely N-dealkylation sites (tertiary alicyclic amines) is 1.